The monoisotopic (exact) mass is 429 g/mol. The Labute approximate surface area is 164 Å². The SMILES string of the molecule is CC(NC(=O)COC(=O)c1cc(Br)ccc1F)c1cccc2ccccc12. The molecule has 1 unspecified atom stereocenters. The van der Waals surface area contributed by atoms with E-state index in [1.54, 1.807) is 0 Å². The lowest BCUT2D eigenvalue weighted by atomic mass is 10.00. The van der Waals surface area contributed by atoms with Crippen molar-refractivity contribution in [2.45, 2.75) is 13.0 Å². The van der Waals surface area contributed by atoms with Crippen LogP contribution in [0.2, 0.25) is 0 Å². The lowest BCUT2D eigenvalue weighted by Crippen LogP contribution is -2.31. The minimum atomic E-state index is -0.887. The highest BCUT2D eigenvalue weighted by Crippen LogP contribution is 2.24. The predicted molar refractivity (Wildman–Crippen MR) is 105 cm³/mol. The number of amides is 1. The van der Waals surface area contributed by atoms with Crippen molar-refractivity contribution in [3.63, 3.8) is 0 Å². The lowest BCUT2D eigenvalue weighted by molar-refractivity contribution is -0.124. The minimum absolute atomic E-state index is 0.223. The van der Waals surface area contributed by atoms with Gasteiger partial charge < -0.3 is 10.1 Å². The standard InChI is InChI=1S/C21H17BrFNO3/c1-13(16-8-4-6-14-5-2-3-7-17(14)16)24-20(25)12-27-21(26)18-11-15(22)9-10-19(18)23/h2-11,13H,12H2,1H3,(H,24,25). The summed E-state index contributed by atoms with van der Waals surface area (Å²) in [7, 11) is 0. The van der Waals surface area contributed by atoms with Gasteiger partial charge in [0.15, 0.2) is 6.61 Å². The number of hydrogen-bond acceptors (Lipinski definition) is 3. The third-order valence-corrected chi connectivity index (χ3v) is 4.64. The molecule has 0 spiro atoms. The Balaban J connectivity index is 1.63. The van der Waals surface area contributed by atoms with Gasteiger partial charge >= 0.3 is 5.97 Å². The third kappa shape index (κ3) is 4.52. The van der Waals surface area contributed by atoms with Crippen LogP contribution in [0.5, 0.6) is 0 Å². The van der Waals surface area contributed by atoms with Gasteiger partial charge in [-0.3, -0.25) is 4.79 Å². The maximum atomic E-state index is 13.7. The summed E-state index contributed by atoms with van der Waals surface area (Å²) in [5.41, 5.74) is 0.741. The average molecular weight is 430 g/mol. The van der Waals surface area contributed by atoms with Crippen LogP contribution in [0.15, 0.2) is 65.1 Å². The first kappa shape index (κ1) is 19.0. The number of benzene rings is 3. The van der Waals surface area contributed by atoms with E-state index in [0.29, 0.717) is 4.47 Å². The van der Waals surface area contributed by atoms with Crippen LogP contribution in [0.3, 0.4) is 0 Å². The van der Waals surface area contributed by atoms with Gasteiger partial charge in [-0.15, -0.1) is 0 Å². The van der Waals surface area contributed by atoms with Crippen molar-refractivity contribution >= 4 is 38.6 Å². The zero-order chi connectivity index (χ0) is 19.4. The molecule has 0 aromatic heterocycles. The van der Waals surface area contributed by atoms with Crippen molar-refractivity contribution in [1.82, 2.24) is 5.32 Å². The molecule has 1 N–H and O–H groups in total. The summed E-state index contributed by atoms with van der Waals surface area (Å²) in [6.45, 7) is 1.37. The van der Waals surface area contributed by atoms with Crippen molar-refractivity contribution in [2.75, 3.05) is 6.61 Å². The molecule has 0 saturated carbocycles. The van der Waals surface area contributed by atoms with Gasteiger partial charge in [0.1, 0.15) is 5.82 Å². The smallest absolute Gasteiger partial charge is 0.341 e. The van der Waals surface area contributed by atoms with Crippen molar-refractivity contribution < 1.29 is 18.7 Å². The molecule has 0 aliphatic heterocycles. The quantitative estimate of drug-likeness (QED) is 0.593. The molecular weight excluding hydrogens is 413 g/mol. The Bertz CT molecular complexity index is 1000. The van der Waals surface area contributed by atoms with E-state index in [1.807, 2.05) is 49.4 Å². The van der Waals surface area contributed by atoms with Gasteiger partial charge in [0.25, 0.3) is 5.91 Å². The molecule has 0 aliphatic carbocycles. The number of hydrogen-bond donors (Lipinski definition) is 1. The normalized spacial score (nSPS) is 11.8. The van der Waals surface area contributed by atoms with Crippen LogP contribution < -0.4 is 5.32 Å². The fraction of sp³-hybridized carbons (Fsp3) is 0.143. The second-order valence-corrected chi connectivity index (χ2v) is 6.97. The van der Waals surface area contributed by atoms with Gasteiger partial charge in [-0.05, 0) is 41.5 Å². The van der Waals surface area contributed by atoms with E-state index in [1.165, 1.54) is 12.1 Å². The maximum Gasteiger partial charge on any atom is 0.341 e. The topological polar surface area (TPSA) is 55.4 Å². The van der Waals surface area contributed by atoms with Crippen molar-refractivity contribution in [3.8, 4) is 0 Å². The molecule has 0 bridgehead atoms. The Hall–Kier alpha value is -2.73. The molecule has 0 saturated heterocycles. The molecule has 0 radical (unpaired) electrons. The van der Waals surface area contributed by atoms with Crippen LogP contribution in [0.25, 0.3) is 10.8 Å². The zero-order valence-electron chi connectivity index (χ0n) is 14.5. The van der Waals surface area contributed by atoms with E-state index in [2.05, 4.69) is 21.2 Å². The number of carbonyl (C=O) groups excluding carboxylic acids is 2. The van der Waals surface area contributed by atoms with Crippen LogP contribution >= 0.6 is 15.9 Å². The molecule has 3 aromatic carbocycles. The number of fused-ring (bicyclic) bond motifs is 1. The highest BCUT2D eigenvalue weighted by atomic mass is 79.9. The van der Waals surface area contributed by atoms with Crippen LogP contribution in [0, 0.1) is 5.82 Å². The summed E-state index contributed by atoms with van der Waals surface area (Å²) < 4.78 is 19.2. The molecule has 0 aliphatic rings. The fourth-order valence-electron chi connectivity index (χ4n) is 2.85. The van der Waals surface area contributed by atoms with E-state index in [0.717, 1.165) is 22.4 Å². The van der Waals surface area contributed by atoms with Crippen LogP contribution in [0.1, 0.15) is 28.9 Å². The van der Waals surface area contributed by atoms with E-state index in [-0.39, 0.29) is 11.6 Å². The Morgan fingerprint density at radius 2 is 1.85 bits per heavy atom. The number of halogens is 2. The summed E-state index contributed by atoms with van der Waals surface area (Å²) in [6, 6.07) is 17.4. The first-order chi connectivity index (χ1) is 13.0. The summed E-state index contributed by atoms with van der Waals surface area (Å²) in [5, 5.41) is 4.92. The molecule has 6 heteroatoms. The molecule has 0 heterocycles. The summed E-state index contributed by atoms with van der Waals surface area (Å²) in [5.74, 6) is -2.05. The van der Waals surface area contributed by atoms with Gasteiger partial charge in [-0.2, -0.15) is 0 Å². The molecular formula is C21H17BrFNO3. The second-order valence-electron chi connectivity index (χ2n) is 6.06. The van der Waals surface area contributed by atoms with Gasteiger partial charge in [-0.1, -0.05) is 58.4 Å². The maximum absolute atomic E-state index is 13.7. The highest BCUT2D eigenvalue weighted by molar-refractivity contribution is 9.10. The number of esters is 1. The van der Waals surface area contributed by atoms with Gasteiger partial charge in [0, 0.05) is 4.47 Å². The Morgan fingerprint density at radius 1 is 1.11 bits per heavy atom. The van der Waals surface area contributed by atoms with Crippen LogP contribution in [-0.4, -0.2) is 18.5 Å². The van der Waals surface area contributed by atoms with Gasteiger partial charge in [-0.25, -0.2) is 9.18 Å². The molecule has 3 aromatic rings. The lowest BCUT2D eigenvalue weighted by Gasteiger charge is -2.16. The van der Waals surface area contributed by atoms with Gasteiger partial charge in [0.2, 0.25) is 0 Å². The van der Waals surface area contributed by atoms with E-state index in [9.17, 15) is 14.0 Å². The van der Waals surface area contributed by atoms with Crippen LogP contribution in [-0.2, 0) is 9.53 Å². The van der Waals surface area contributed by atoms with Crippen molar-refractivity contribution in [2.24, 2.45) is 0 Å². The molecule has 27 heavy (non-hydrogen) atoms. The molecule has 138 valence electrons. The highest BCUT2D eigenvalue weighted by Gasteiger charge is 2.17. The number of carbonyl (C=O) groups is 2. The van der Waals surface area contributed by atoms with E-state index in [4.69, 9.17) is 4.74 Å². The molecule has 4 nitrogen and oxygen atoms in total. The number of nitrogens with one attached hydrogen (secondary N) is 1. The second kappa shape index (κ2) is 8.31. The molecule has 0 fully saturated rings. The molecule has 1 amide bonds. The summed E-state index contributed by atoms with van der Waals surface area (Å²) >= 11 is 3.17. The number of rotatable bonds is 5. The summed E-state index contributed by atoms with van der Waals surface area (Å²) in [6.07, 6.45) is 0. The van der Waals surface area contributed by atoms with Crippen molar-refractivity contribution in [1.29, 1.82) is 0 Å². The van der Waals surface area contributed by atoms with Crippen molar-refractivity contribution in [3.05, 3.63) is 82.1 Å². The Kier molecular flexibility index (Phi) is 5.86. The number of ether oxygens (including phenoxy) is 1. The fourth-order valence-corrected chi connectivity index (χ4v) is 3.21. The van der Waals surface area contributed by atoms with E-state index >= 15 is 0 Å². The first-order valence-electron chi connectivity index (χ1n) is 8.35. The minimum Gasteiger partial charge on any atom is -0.452 e. The summed E-state index contributed by atoms with van der Waals surface area (Å²) in [4.78, 5) is 24.1. The first-order valence-corrected chi connectivity index (χ1v) is 9.14. The molecule has 1 atom stereocenters. The zero-order valence-corrected chi connectivity index (χ0v) is 16.1. The Morgan fingerprint density at radius 3 is 2.67 bits per heavy atom. The molecule has 3 rings (SSSR count). The van der Waals surface area contributed by atoms with E-state index < -0.39 is 24.3 Å². The average Bonchev–Trinajstić information content (AvgIpc) is 2.67. The predicted octanol–water partition coefficient (Wildman–Crippen LogP) is 4.78. The van der Waals surface area contributed by atoms with Gasteiger partial charge in [0.05, 0.1) is 11.6 Å². The third-order valence-electron chi connectivity index (χ3n) is 4.15. The van der Waals surface area contributed by atoms with Crippen LogP contribution in [0.4, 0.5) is 4.39 Å². The largest absolute Gasteiger partial charge is 0.452 e.